The van der Waals surface area contributed by atoms with Crippen molar-refractivity contribution in [3.05, 3.63) is 34.7 Å². The zero-order valence-corrected chi connectivity index (χ0v) is 22.0. The fourth-order valence-electron chi connectivity index (χ4n) is 6.60. The molecule has 0 spiro atoms. The number of carboxylic acids is 1. The van der Waals surface area contributed by atoms with Crippen LogP contribution < -0.4 is 16.6 Å². The summed E-state index contributed by atoms with van der Waals surface area (Å²) in [6.45, 7) is -0.00259. The topological polar surface area (TPSA) is 135 Å². The van der Waals surface area contributed by atoms with Gasteiger partial charge in [0, 0.05) is 43.2 Å². The molecule has 210 valence electrons. The van der Waals surface area contributed by atoms with Crippen LogP contribution in [-0.2, 0) is 20.9 Å². The van der Waals surface area contributed by atoms with Crippen molar-refractivity contribution in [1.82, 2.24) is 14.8 Å². The Labute approximate surface area is 222 Å². The molecule has 5 unspecified atom stereocenters. The van der Waals surface area contributed by atoms with Crippen molar-refractivity contribution in [2.24, 2.45) is 17.6 Å². The minimum atomic E-state index is -0.827. The smallest absolute Gasteiger partial charge is 0.303 e. The first-order valence-electron chi connectivity index (χ1n) is 14.1. The largest absolute Gasteiger partial charge is 0.481 e. The molecule has 3 aliphatic rings. The number of nitrogens with zero attached hydrogens (tertiary/aromatic N) is 2. The quantitative estimate of drug-likeness (QED) is 0.373. The fourth-order valence-corrected chi connectivity index (χ4v) is 6.60. The number of hydrogen-bond donors (Lipinski definition) is 3. The van der Waals surface area contributed by atoms with Crippen LogP contribution in [-0.4, -0.2) is 62.7 Å². The van der Waals surface area contributed by atoms with Crippen molar-refractivity contribution in [3.8, 4) is 0 Å². The second-order valence-electron chi connectivity index (χ2n) is 11.3. The highest BCUT2D eigenvalue weighted by Crippen LogP contribution is 2.39. The Morgan fingerprint density at radius 2 is 1.87 bits per heavy atom. The molecule has 0 aromatic carbocycles. The average Bonchev–Trinajstić information content (AvgIpc) is 2.88. The number of ketones is 1. The number of aliphatic carboxylic acids is 1. The first-order valence-corrected chi connectivity index (χ1v) is 14.1. The number of carbonyl (C=O) groups excluding carboxylic acids is 2. The molecule has 1 saturated heterocycles. The molecule has 38 heavy (non-hydrogen) atoms. The highest BCUT2D eigenvalue weighted by atomic mass is 19.1. The summed E-state index contributed by atoms with van der Waals surface area (Å²) in [5.41, 5.74) is 6.27. The second-order valence-corrected chi connectivity index (χ2v) is 11.3. The van der Waals surface area contributed by atoms with Gasteiger partial charge in [-0.1, -0.05) is 6.07 Å². The van der Waals surface area contributed by atoms with E-state index in [0.717, 1.165) is 6.42 Å². The number of pyridine rings is 1. The van der Waals surface area contributed by atoms with Crippen molar-refractivity contribution in [2.45, 2.75) is 114 Å². The molecule has 0 bridgehead atoms. The lowest BCUT2D eigenvalue weighted by Crippen LogP contribution is -2.67. The SMILES string of the molecule is NC(CC(=O)Cn1ccccc1=O)C1CCC2C(=O)N(C3CCC(F)CC3)C(CCCCC(=O)O)NC2C1. The molecular formula is C28H41FN4O5. The number of Topliss-reactive ketones (excluding diaryl/α,β-unsaturated/α-hetero) is 1. The molecule has 10 heteroatoms. The van der Waals surface area contributed by atoms with E-state index in [1.54, 1.807) is 18.3 Å². The summed E-state index contributed by atoms with van der Waals surface area (Å²) in [4.78, 5) is 51.3. The van der Waals surface area contributed by atoms with Crippen LogP contribution >= 0.6 is 0 Å². The van der Waals surface area contributed by atoms with E-state index in [1.807, 2.05) is 4.90 Å². The highest BCUT2D eigenvalue weighted by Gasteiger charge is 2.47. The molecular weight excluding hydrogens is 491 g/mol. The number of nitrogens with one attached hydrogen (secondary N) is 1. The zero-order chi connectivity index (χ0) is 27.2. The average molecular weight is 533 g/mol. The molecule has 2 aliphatic carbocycles. The van der Waals surface area contributed by atoms with Gasteiger partial charge in [-0.3, -0.25) is 24.5 Å². The summed E-state index contributed by atoms with van der Waals surface area (Å²) in [6.07, 6.45) is 7.08. The van der Waals surface area contributed by atoms with E-state index in [4.69, 9.17) is 10.8 Å². The first kappa shape index (κ1) is 28.4. The molecule has 1 aromatic heterocycles. The number of amides is 1. The van der Waals surface area contributed by atoms with Gasteiger partial charge in [-0.25, -0.2) is 4.39 Å². The lowest BCUT2D eigenvalue weighted by molar-refractivity contribution is -0.153. The van der Waals surface area contributed by atoms with Crippen molar-refractivity contribution in [3.63, 3.8) is 0 Å². The number of carboxylic acid groups (broad SMARTS) is 1. The number of unbranched alkanes of at least 4 members (excludes halogenated alkanes) is 1. The van der Waals surface area contributed by atoms with Gasteiger partial charge in [-0.15, -0.1) is 0 Å². The lowest BCUT2D eigenvalue weighted by atomic mass is 9.72. The Morgan fingerprint density at radius 3 is 2.58 bits per heavy atom. The Balaban J connectivity index is 1.38. The van der Waals surface area contributed by atoms with Gasteiger partial charge in [0.1, 0.15) is 6.17 Å². The van der Waals surface area contributed by atoms with Gasteiger partial charge < -0.3 is 20.3 Å². The maximum absolute atomic E-state index is 13.8. The Kier molecular flexibility index (Phi) is 9.70. The van der Waals surface area contributed by atoms with E-state index < -0.39 is 12.1 Å². The van der Waals surface area contributed by atoms with Crippen molar-refractivity contribution in [1.29, 1.82) is 0 Å². The van der Waals surface area contributed by atoms with Crippen LogP contribution in [0.3, 0.4) is 0 Å². The van der Waals surface area contributed by atoms with Crippen LogP contribution in [0.5, 0.6) is 0 Å². The molecule has 2 saturated carbocycles. The van der Waals surface area contributed by atoms with Crippen molar-refractivity contribution >= 4 is 17.7 Å². The van der Waals surface area contributed by atoms with Crippen LogP contribution in [0.1, 0.15) is 77.0 Å². The number of halogens is 1. The molecule has 0 radical (unpaired) electrons. The molecule has 2 heterocycles. The Morgan fingerprint density at radius 1 is 1.11 bits per heavy atom. The van der Waals surface area contributed by atoms with Gasteiger partial charge in [0.15, 0.2) is 5.78 Å². The summed E-state index contributed by atoms with van der Waals surface area (Å²) in [6, 6.07) is 4.37. The summed E-state index contributed by atoms with van der Waals surface area (Å²) >= 11 is 0. The standard InChI is InChI=1S/C28H41FN4O5/c29-19-9-11-20(12-10-19)33-25(5-1-2-7-27(36)37)31-24-15-18(8-13-22(24)28(33)38)23(30)16-21(34)17-32-14-4-3-6-26(32)35/h3-4,6,14,18-20,22-25,31H,1-2,5,7-13,15-17,30H2,(H,36,37). The number of rotatable bonds is 11. The maximum Gasteiger partial charge on any atom is 0.303 e. The number of hydrogen-bond acceptors (Lipinski definition) is 6. The molecule has 3 fully saturated rings. The van der Waals surface area contributed by atoms with E-state index in [2.05, 4.69) is 5.32 Å². The molecule has 4 rings (SSSR count). The van der Waals surface area contributed by atoms with Crippen LogP contribution in [0.2, 0.25) is 0 Å². The van der Waals surface area contributed by atoms with Crippen LogP contribution in [0, 0.1) is 11.8 Å². The number of alkyl halides is 1. The normalized spacial score (nSPS) is 30.5. The third kappa shape index (κ3) is 7.08. The Bertz CT molecular complexity index is 1040. The highest BCUT2D eigenvalue weighted by molar-refractivity contribution is 5.81. The summed E-state index contributed by atoms with van der Waals surface area (Å²) in [5.74, 6) is -0.895. The van der Waals surface area contributed by atoms with Gasteiger partial charge >= 0.3 is 5.97 Å². The van der Waals surface area contributed by atoms with Gasteiger partial charge in [0.2, 0.25) is 5.91 Å². The Hall–Kier alpha value is -2.59. The second kappa shape index (κ2) is 13.0. The van der Waals surface area contributed by atoms with Crippen LogP contribution in [0.4, 0.5) is 4.39 Å². The van der Waals surface area contributed by atoms with E-state index >= 15 is 0 Å². The molecule has 4 N–H and O–H groups in total. The zero-order valence-electron chi connectivity index (χ0n) is 22.0. The lowest BCUT2D eigenvalue weighted by Gasteiger charge is -2.51. The number of nitrogens with two attached hydrogens (primary N) is 1. The van der Waals surface area contributed by atoms with Crippen molar-refractivity contribution in [2.75, 3.05) is 0 Å². The molecule has 1 aliphatic heterocycles. The van der Waals surface area contributed by atoms with Crippen molar-refractivity contribution < 1.29 is 23.9 Å². The fraction of sp³-hybridized carbons (Fsp3) is 0.714. The monoisotopic (exact) mass is 532 g/mol. The first-order chi connectivity index (χ1) is 18.2. The number of fused-ring (bicyclic) bond motifs is 1. The number of carbonyl (C=O) groups is 3. The van der Waals surface area contributed by atoms with Gasteiger partial charge in [-0.05, 0) is 76.2 Å². The third-order valence-corrected chi connectivity index (χ3v) is 8.66. The van der Waals surface area contributed by atoms with Gasteiger partial charge in [0.25, 0.3) is 5.56 Å². The molecule has 9 nitrogen and oxygen atoms in total. The van der Waals surface area contributed by atoms with Crippen LogP contribution in [0.15, 0.2) is 29.2 Å². The predicted molar refractivity (Wildman–Crippen MR) is 140 cm³/mol. The van der Waals surface area contributed by atoms with Gasteiger partial charge in [-0.2, -0.15) is 0 Å². The molecule has 1 amide bonds. The number of aromatic nitrogens is 1. The summed E-state index contributed by atoms with van der Waals surface area (Å²) < 4.78 is 15.2. The van der Waals surface area contributed by atoms with E-state index in [0.29, 0.717) is 57.8 Å². The maximum atomic E-state index is 13.8. The summed E-state index contributed by atoms with van der Waals surface area (Å²) in [7, 11) is 0. The molecule has 5 atom stereocenters. The minimum absolute atomic E-state index is 0.00259. The minimum Gasteiger partial charge on any atom is -0.481 e. The van der Waals surface area contributed by atoms with E-state index in [-0.39, 0.29) is 72.8 Å². The third-order valence-electron chi connectivity index (χ3n) is 8.66. The predicted octanol–water partition coefficient (Wildman–Crippen LogP) is 2.60. The van der Waals surface area contributed by atoms with E-state index in [1.165, 1.54) is 10.6 Å². The molecule has 1 aromatic rings. The van der Waals surface area contributed by atoms with Crippen LogP contribution in [0.25, 0.3) is 0 Å². The van der Waals surface area contributed by atoms with Gasteiger partial charge in [0.05, 0.1) is 18.6 Å². The van der Waals surface area contributed by atoms with E-state index in [9.17, 15) is 23.6 Å². The summed E-state index contributed by atoms with van der Waals surface area (Å²) in [5, 5.41) is 12.7.